The summed E-state index contributed by atoms with van der Waals surface area (Å²) in [6.07, 6.45) is 7.03. The minimum atomic E-state index is -0.628. The second kappa shape index (κ2) is 7.07. The van der Waals surface area contributed by atoms with Crippen LogP contribution in [0.5, 0.6) is 0 Å². The van der Waals surface area contributed by atoms with Crippen molar-refractivity contribution >= 4 is 5.97 Å². The Kier molecular flexibility index (Phi) is 5.39. The van der Waals surface area contributed by atoms with Crippen LogP contribution in [0.15, 0.2) is 12.5 Å². The van der Waals surface area contributed by atoms with Crippen LogP contribution in [0, 0.1) is 17.8 Å². The first-order valence-electron chi connectivity index (χ1n) is 7.90. The van der Waals surface area contributed by atoms with E-state index in [-0.39, 0.29) is 12.1 Å². The number of nitrogens with one attached hydrogen (secondary N) is 1. The fraction of sp³-hybridized carbons (Fsp3) is 0.750. The van der Waals surface area contributed by atoms with E-state index >= 15 is 0 Å². The van der Waals surface area contributed by atoms with E-state index < -0.39 is 6.04 Å². The highest BCUT2D eigenvalue weighted by atomic mass is 16.5. The van der Waals surface area contributed by atoms with E-state index in [4.69, 9.17) is 10.5 Å². The summed E-state index contributed by atoms with van der Waals surface area (Å²) in [5.41, 5.74) is 6.80. The van der Waals surface area contributed by atoms with Crippen LogP contribution in [0.2, 0.25) is 0 Å². The molecule has 21 heavy (non-hydrogen) atoms. The molecule has 0 aromatic carbocycles. The maximum atomic E-state index is 12.2. The number of aromatic amines is 1. The molecule has 1 aliphatic carbocycles. The van der Waals surface area contributed by atoms with Gasteiger partial charge in [0.15, 0.2) is 0 Å². The Morgan fingerprint density at radius 2 is 2.29 bits per heavy atom. The van der Waals surface area contributed by atoms with Crippen LogP contribution in [0.25, 0.3) is 0 Å². The summed E-state index contributed by atoms with van der Waals surface area (Å²) >= 11 is 0. The lowest BCUT2D eigenvalue weighted by Gasteiger charge is -2.36. The van der Waals surface area contributed by atoms with Crippen molar-refractivity contribution < 1.29 is 9.53 Å². The van der Waals surface area contributed by atoms with Crippen molar-refractivity contribution in [3.63, 3.8) is 0 Å². The largest absolute Gasteiger partial charge is 0.461 e. The van der Waals surface area contributed by atoms with Crippen LogP contribution in [-0.2, 0) is 16.0 Å². The molecule has 0 bridgehead atoms. The first kappa shape index (κ1) is 16.0. The van der Waals surface area contributed by atoms with E-state index in [0.29, 0.717) is 24.2 Å². The number of hydrogen-bond acceptors (Lipinski definition) is 4. The molecule has 0 aliphatic heterocycles. The Bertz CT molecular complexity index is 444. The molecular weight excluding hydrogens is 266 g/mol. The fourth-order valence-electron chi connectivity index (χ4n) is 3.03. The molecule has 1 fully saturated rings. The predicted molar refractivity (Wildman–Crippen MR) is 81.5 cm³/mol. The molecule has 5 nitrogen and oxygen atoms in total. The topological polar surface area (TPSA) is 81.0 Å². The summed E-state index contributed by atoms with van der Waals surface area (Å²) in [5.74, 6) is 1.40. The van der Waals surface area contributed by atoms with Gasteiger partial charge in [-0.05, 0) is 37.0 Å². The number of ether oxygens (including phenoxy) is 1. The smallest absolute Gasteiger partial charge is 0.323 e. The predicted octanol–water partition coefficient (Wildman–Crippen LogP) is 2.28. The third-order valence-corrected chi connectivity index (χ3v) is 4.67. The van der Waals surface area contributed by atoms with E-state index in [9.17, 15) is 4.79 Å². The number of esters is 1. The lowest BCUT2D eigenvalue weighted by Crippen LogP contribution is -2.40. The zero-order chi connectivity index (χ0) is 15.4. The number of aromatic nitrogens is 2. The Hall–Kier alpha value is -1.36. The third-order valence-electron chi connectivity index (χ3n) is 4.67. The second-order valence-electron chi connectivity index (χ2n) is 6.66. The van der Waals surface area contributed by atoms with Crippen molar-refractivity contribution in [3.05, 3.63) is 18.2 Å². The van der Waals surface area contributed by atoms with Gasteiger partial charge in [0, 0.05) is 18.3 Å². The molecule has 1 aromatic rings. The monoisotopic (exact) mass is 293 g/mol. The maximum Gasteiger partial charge on any atom is 0.323 e. The van der Waals surface area contributed by atoms with Gasteiger partial charge in [-0.1, -0.05) is 20.8 Å². The summed E-state index contributed by atoms with van der Waals surface area (Å²) in [6.45, 7) is 6.64. The number of imidazole rings is 1. The molecule has 0 saturated heterocycles. The minimum Gasteiger partial charge on any atom is -0.461 e. The molecule has 1 aromatic heterocycles. The Balaban J connectivity index is 1.88. The minimum absolute atomic E-state index is 0.00599. The van der Waals surface area contributed by atoms with Crippen molar-refractivity contribution in [1.82, 2.24) is 9.97 Å². The first-order chi connectivity index (χ1) is 9.97. The van der Waals surface area contributed by atoms with Gasteiger partial charge >= 0.3 is 5.97 Å². The number of carbonyl (C=O) groups is 1. The Labute approximate surface area is 126 Å². The highest BCUT2D eigenvalue weighted by Gasteiger charge is 2.32. The lowest BCUT2D eigenvalue weighted by molar-refractivity contribution is -0.156. The van der Waals surface area contributed by atoms with Crippen molar-refractivity contribution in [2.45, 2.75) is 58.6 Å². The van der Waals surface area contributed by atoms with Gasteiger partial charge in [0.25, 0.3) is 0 Å². The number of nitrogens with zero attached hydrogens (tertiary/aromatic N) is 1. The van der Waals surface area contributed by atoms with Gasteiger partial charge in [-0.25, -0.2) is 4.98 Å². The zero-order valence-electron chi connectivity index (χ0n) is 13.2. The van der Waals surface area contributed by atoms with E-state index in [1.807, 2.05) is 0 Å². The summed E-state index contributed by atoms with van der Waals surface area (Å²) in [6, 6.07) is -0.628. The average molecular weight is 293 g/mol. The fourth-order valence-corrected chi connectivity index (χ4v) is 3.03. The van der Waals surface area contributed by atoms with E-state index in [2.05, 4.69) is 30.7 Å². The van der Waals surface area contributed by atoms with Crippen molar-refractivity contribution in [2.75, 3.05) is 0 Å². The molecule has 0 amide bonds. The van der Waals surface area contributed by atoms with E-state index in [1.165, 1.54) is 6.42 Å². The van der Waals surface area contributed by atoms with Gasteiger partial charge in [-0.15, -0.1) is 0 Å². The SMILES string of the molecule is CC(C)C1CCC(C)C(OC(=O)[C@@H](N)Cc2cnc[nH]2)C1. The quantitative estimate of drug-likeness (QED) is 0.816. The molecule has 2 rings (SSSR count). The van der Waals surface area contributed by atoms with E-state index in [1.54, 1.807) is 12.5 Å². The van der Waals surface area contributed by atoms with E-state index in [0.717, 1.165) is 18.5 Å². The average Bonchev–Trinajstić information content (AvgIpc) is 2.93. The molecule has 1 aliphatic rings. The number of H-pyrrole nitrogens is 1. The summed E-state index contributed by atoms with van der Waals surface area (Å²) < 4.78 is 5.70. The van der Waals surface area contributed by atoms with Crippen LogP contribution < -0.4 is 5.73 Å². The van der Waals surface area contributed by atoms with Gasteiger partial charge in [-0.2, -0.15) is 0 Å². The van der Waals surface area contributed by atoms with Crippen LogP contribution in [0.4, 0.5) is 0 Å². The van der Waals surface area contributed by atoms with Gasteiger partial charge < -0.3 is 15.5 Å². The molecule has 3 N–H and O–H groups in total. The molecule has 118 valence electrons. The number of hydrogen-bond donors (Lipinski definition) is 2. The molecule has 3 unspecified atom stereocenters. The van der Waals surface area contributed by atoms with Gasteiger partial charge in [-0.3, -0.25) is 4.79 Å². The second-order valence-corrected chi connectivity index (χ2v) is 6.66. The highest BCUT2D eigenvalue weighted by Crippen LogP contribution is 2.35. The summed E-state index contributed by atoms with van der Waals surface area (Å²) in [5, 5.41) is 0. The third kappa shape index (κ3) is 4.30. The molecule has 1 saturated carbocycles. The lowest BCUT2D eigenvalue weighted by atomic mass is 9.76. The summed E-state index contributed by atoms with van der Waals surface area (Å²) in [4.78, 5) is 19.1. The first-order valence-corrected chi connectivity index (χ1v) is 7.90. The van der Waals surface area contributed by atoms with Crippen LogP contribution >= 0.6 is 0 Å². The molecule has 4 atom stereocenters. The summed E-state index contributed by atoms with van der Waals surface area (Å²) in [7, 11) is 0. The Morgan fingerprint density at radius 1 is 1.52 bits per heavy atom. The molecule has 0 radical (unpaired) electrons. The number of carbonyl (C=O) groups excluding carboxylic acids is 1. The van der Waals surface area contributed by atoms with Crippen molar-refractivity contribution in [3.8, 4) is 0 Å². The van der Waals surface area contributed by atoms with Crippen molar-refractivity contribution in [1.29, 1.82) is 0 Å². The molecule has 1 heterocycles. The maximum absolute atomic E-state index is 12.2. The molecule has 5 heteroatoms. The standard InChI is InChI=1S/C16H27N3O2/c1-10(2)12-5-4-11(3)15(6-12)21-16(20)14(17)7-13-8-18-9-19-13/h8-12,14-15H,4-7,17H2,1-3H3,(H,18,19)/t11?,12?,14-,15?/m0/s1. The highest BCUT2D eigenvalue weighted by molar-refractivity contribution is 5.76. The van der Waals surface area contributed by atoms with Crippen LogP contribution in [0.1, 0.15) is 45.7 Å². The zero-order valence-corrected chi connectivity index (χ0v) is 13.2. The van der Waals surface area contributed by atoms with Gasteiger partial charge in [0.1, 0.15) is 12.1 Å². The van der Waals surface area contributed by atoms with Gasteiger partial charge in [0.05, 0.1) is 6.33 Å². The number of nitrogens with two attached hydrogens (primary N) is 1. The molecule has 0 spiro atoms. The normalized spacial score (nSPS) is 27.6. The number of rotatable bonds is 5. The molecular formula is C16H27N3O2. The van der Waals surface area contributed by atoms with Crippen LogP contribution in [0.3, 0.4) is 0 Å². The van der Waals surface area contributed by atoms with Gasteiger partial charge in [0.2, 0.25) is 0 Å². The van der Waals surface area contributed by atoms with Crippen LogP contribution in [-0.4, -0.2) is 28.1 Å². The van der Waals surface area contributed by atoms with Crippen molar-refractivity contribution in [2.24, 2.45) is 23.5 Å². The Morgan fingerprint density at radius 3 is 2.90 bits per heavy atom.